The molecule has 0 unspecified atom stereocenters. The number of rotatable bonds is 2. The second kappa shape index (κ2) is 6.10. The Kier molecular flexibility index (Phi) is 5.81. The first-order valence-corrected chi connectivity index (χ1v) is 5.00. The molecule has 0 atom stereocenters. The first-order valence-electron chi connectivity index (χ1n) is 5.00. The maximum Gasteiger partial charge on any atom is 2.00 e. The standard InChI is InChI=1S/C13H17NO.W/c1-9(2)13(15)14(5)12-7-6-10(3)11(4)8-12;/h6,8H,1-5H3;/q-2;+2. The summed E-state index contributed by atoms with van der Waals surface area (Å²) in [6, 6.07) is 7.00. The summed E-state index contributed by atoms with van der Waals surface area (Å²) in [4.78, 5) is 13.3. The van der Waals surface area contributed by atoms with Gasteiger partial charge < -0.3 is 9.69 Å². The molecule has 0 aliphatic rings. The molecule has 1 rings (SSSR count). The Morgan fingerprint density at radius 2 is 1.88 bits per heavy atom. The molecule has 1 amide bonds. The summed E-state index contributed by atoms with van der Waals surface area (Å²) in [7, 11) is 1.77. The normalized spacial score (nSPS) is 9.31. The molecule has 0 radical (unpaired) electrons. The number of carbonyl (C=O) groups excluding carboxylic acids is 1. The molecule has 1 aromatic rings. The molecule has 0 saturated carbocycles. The van der Waals surface area contributed by atoms with Gasteiger partial charge in [-0.2, -0.15) is 37.1 Å². The summed E-state index contributed by atoms with van der Waals surface area (Å²) in [5, 5.41) is 0. The van der Waals surface area contributed by atoms with Crippen molar-refractivity contribution in [1.29, 1.82) is 0 Å². The Labute approximate surface area is 112 Å². The average Bonchev–Trinajstić information content (AvgIpc) is 2.19. The van der Waals surface area contributed by atoms with Crippen LogP contribution >= 0.6 is 0 Å². The van der Waals surface area contributed by atoms with Gasteiger partial charge in [0.15, 0.2) is 0 Å². The molecule has 0 saturated heterocycles. The van der Waals surface area contributed by atoms with Crippen LogP contribution in [0.1, 0.15) is 25.0 Å². The largest absolute Gasteiger partial charge is 2.00 e. The Balaban J connectivity index is 0.00000225. The minimum atomic E-state index is 0. The topological polar surface area (TPSA) is 20.3 Å². The van der Waals surface area contributed by atoms with Crippen LogP contribution in [-0.4, -0.2) is 13.0 Å². The van der Waals surface area contributed by atoms with E-state index >= 15 is 0 Å². The van der Waals surface area contributed by atoms with Crippen molar-refractivity contribution in [1.82, 2.24) is 0 Å². The summed E-state index contributed by atoms with van der Waals surface area (Å²) >= 11 is 0. The van der Waals surface area contributed by atoms with Gasteiger partial charge in [-0.1, -0.05) is 19.5 Å². The predicted octanol–water partition coefficient (Wildman–Crippen LogP) is 2.68. The fourth-order valence-corrected chi connectivity index (χ4v) is 1.30. The molecule has 0 bridgehead atoms. The summed E-state index contributed by atoms with van der Waals surface area (Å²) in [6.07, 6.45) is 0. The summed E-state index contributed by atoms with van der Waals surface area (Å²) < 4.78 is 0. The van der Waals surface area contributed by atoms with E-state index in [0.29, 0.717) is 0 Å². The molecule has 0 heterocycles. The smallest absolute Gasteiger partial charge is 0.364 e. The second-order valence-electron chi connectivity index (χ2n) is 4.05. The number of hydrogen-bond acceptors (Lipinski definition) is 1. The van der Waals surface area contributed by atoms with Gasteiger partial charge in [0.25, 0.3) is 0 Å². The third-order valence-corrected chi connectivity index (χ3v) is 2.51. The van der Waals surface area contributed by atoms with Crippen molar-refractivity contribution < 1.29 is 25.9 Å². The van der Waals surface area contributed by atoms with E-state index in [1.54, 1.807) is 11.9 Å². The zero-order chi connectivity index (χ0) is 11.6. The van der Waals surface area contributed by atoms with Crippen LogP contribution in [-0.2, 0) is 25.9 Å². The van der Waals surface area contributed by atoms with Crippen molar-refractivity contribution in [3.8, 4) is 0 Å². The first kappa shape index (κ1) is 15.2. The number of anilines is 1. The van der Waals surface area contributed by atoms with Gasteiger partial charge in [0.05, 0.1) is 5.91 Å². The van der Waals surface area contributed by atoms with E-state index in [9.17, 15) is 4.79 Å². The number of nitrogens with zero attached hydrogens (tertiary/aromatic N) is 1. The number of benzene rings is 1. The van der Waals surface area contributed by atoms with Crippen LogP contribution in [0.2, 0.25) is 0 Å². The van der Waals surface area contributed by atoms with Crippen molar-refractivity contribution in [3.05, 3.63) is 35.2 Å². The van der Waals surface area contributed by atoms with Gasteiger partial charge in [-0.05, 0) is 0 Å². The first-order chi connectivity index (χ1) is 6.93. The maximum absolute atomic E-state index is 11.7. The molecule has 2 nitrogen and oxygen atoms in total. The minimum Gasteiger partial charge on any atom is -0.364 e. The van der Waals surface area contributed by atoms with Crippen LogP contribution in [0.25, 0.3) is 0 Å². The molecule has 16 heavy (non-hydrogen) atoms. The van der Waals surface area contributed by atoms with E-state index in [-0.39, 0.29) is 27.0 Å². The van der Waals surface area contributed by atoms with Crippen LogP contribution in [0.5, 0.6) is 0 Å². The van der Waals surface area contributed by atoms with Crippen LogP contribution in [0.3, 0.4) is 0 Å². The molecule has 0 aliphatic carbocycles. The van der Waals surface area contributed by atoms with Gasteiger partial charge in [-0.15, -0.1) is 6.07 Å². The van der Waals surface area contributed by atoms with Crippen molar-refractivity contribution in [2.75, 3.05) is 11.9 Å². The van der Waals surface area contributed by atoms with E-state index in [2.05, 4.69) is 6.07 Å². The van der Waals surface area contributed by atoms with Gasteiger partial charge >= 0.3 is 21.1 Å². The van der Waals surface area contributed by atoms with E-state index in [0.717, 1.165) is 11.6 Å². The van der Waals surface area contributed by atoms with E-state index in [1.165, 1.54) is 11.1 Å². The predicted molar refractivity (Wildman–Crippen MR) is 62.8 cm³/mol. The van der Waals surface area contributed by atoms with Gasteiger partial charge in [0.1, 0.15) is 0 Å². The molecule has 0 aliphatic heterocycles. The van der Waals surface area contributed by atoms with Gasteiger partial charge in [0, 0.05) is 7.05 Å². The maximum atomic E-state index is 11.7. The molecule has 3 heteroatoms. The summed E-state index contributed by atoms with van der Waals surface area (Å²) in [5.41, 5.74) is 3.19. The van der Waals surface area contributed by atoms with Crippen molar-refractivity contribution in [2.24, 2.45) is 0 Å². The van der Waals surface area contributed by atoms with Crippen LogP contribution in [0.4, 0.5) is 5.69 Å². The van der Waals surface area contributed by atoms with Crippen LogP contribution in [0.15, 0.2) is 12.1 Å². The molecule has 86 valence electrons. The van der Waals surface area contributed by atoms with Crippen molar-refractivity contribution in [2.45, 2.75) is 27.7 Å². The molecule has 0 fully saturated rings. The minimum absolute atomic E-state index is 0. The van der Waals surface area contributed by atoms with Gasteiger partial charge in [-0.25, -0.2) is 0 Å². The molecule has 0 N–H and O–H groups in total. The summed E-state index contributed by atoms with van der Waals surface area (Å²) in [6.45, 7) is 7.71. The van der Waals surface area contributed by atoms with Crippen molar-refractivity contribution >= 4 is 11.6 Å². The fourth-order valence-electron chi connectivity index (χ4n) is 1.30. The summed E-state index contributed by atoms with van der Waals surface area (Å²) in [5.74, 6) is 0.818. The third kappa shape index (κ3) is 3.38. The number of amides is 1. The Hall–Kier alpha value is -0.752. The Morgan fingerprint density at radius 1 is 1.31 bits per heavy atom. The van der Waals surface area contributed by atoms with Gasteiger partial charge in [0.2, 0.25) is 0 Å². The molecular weight excluding hydrogens is 370 g/mol. The van der Waals surface area contributed by atoms with Crippen LogP contribution in [0, 0.1) is 25.8 Å². The van der Waals surface area contributed by atoms with E-state index in [1.807, 2.05) is 39.8 Å². The second-order valence-corrected chi connectivity index (χ2v) is 4.05. The monoisotopic (exact) mass is 387 g/mol. The van der Waals surface area contributed by atoms with E-state index in [4.69, 9.17) is 0 Å². The van der Waals surface area contributed by atoms with E-state index < -0.39 is 0 Å². The number of hydrogen-bond donors (Lipinski definition) is 0. The molecule has 0 spiro atoms. The Bertz CT molecular complexity index is 374. The SMILES string of the molecule is Cc1c[c-]c(N(C)C(=O)[C-](C)C)cc1C.[W+2]. The third-order valence-electron chi connectivity index (χ3n) is 2.51. The number of aryl methyl sites for hydroxylation is 2. The quantitative estimate of drug-likeness (QED) is 0.715. The number of carbonyl (C=O) groups is 1. The zero-order valence-electron chi connectivity index (χ0n) is 10.4. The Morgan fingerprint density at radius 3 is 2.31 bits per heavy atom. The zero-order valence-corrected chi connectivity index (χ0v) is 13.4. The van der Waals surface area contributed by atoms with Crippen LogP contribution < -0.4 is 4.90 Å². The fraction of sp³-hybridized carbons (Fsp3) is 0.385. The molecule has 0 aromatic heterocycles. The van der Waals surface area contributed by atoms with Gasteiger partial charge in [-0.3, -0.25) is 5.92 Å². The average molecular weight is 387 g/mol. The van der Waals surface area contributed by atoms with Crippen molar-refractivity contribution in [3.63, 3.8) is 0 Å². The molecular formula is C13H17NOW. The molecule has 1 aromatic carbocycles.